The summed E-state index contributed by atoms with van der Waals surface area (Å²) in [6, 6.07) is 4.04. The molecule has 0 amide bonds. The van der Waals surface area contributed by atoms with E-state index < -0.39 is 10.0 Å². The van der Waals surface area contributed by atoms with Crippen molar-refractivity contribution in [2.45, 2.75) is 36.2 Å². The highest BCUT2D eigenvalue weighted by Gasteiger charge is 2.45. The van der Waals surface area contributed by atoms with Crippen molar-refractivity contribution in [3.05, 3.63) is 17.5 Å². The molecule has 3 heterocycles. The van der Waals surface area contributed by atoms with Crippen LogP contribution in [0.1, 0.15) is 13.8 Å². The smallest absolute Gasteiger partial charge is 0.252 e. The van der Waals surface area contributed by atoms with Gasteiger partial charge in [-0.15, -0.1) is 11.3 Å². The fraction of sp³-hybridized carbons (Fsp3) is 0.692. The first-order valence-electron chi connectivity index (χ1n) is 6.91. The summed E-state index contributed by atoms with van der Waals surface area (Å²) in [5, 5.41) is 1.80. The van der Waals surface area contributed by atoms with E-state index in [1.54, 1.807) is 21.8 Å². The van der Waals surface area contributed by atoms with Crippen LogP contribution in [0.25, 0.3) is 0 Å². The van der Waals surface area contributed by atoms with Gasteiger partial charge in [0.1, 0.15) is 4.21 Å². The molecule has 112 valence electrons. The van der Waals surface area contributed by atoms with Gasteiger partial charge < -0.3 is 4.74 Å². The third kappa shape index (κ3) is 2.42. The molecule has 3 rings (SSSR count). The van der Waals surface area contributed by atoms with Gasteiger partial charge in [0.25, 0.3) is 10.0 Å². The van der Waals surface area contributed by atoms with Crippen LogP contribution in [0.3, 0.4) is 0 Å². The van der Waals surface area contributed by atoms with Crippen LogP contribution in [0.4, 0.5) is 0 Å². The highest BCUT2D eigenvalue weighted by Crippen LogP contribution is 2.30. The van der Waals surface area contributed by atoms with Crippen LogP contribution >= 0.6 is 11.3 Å². The second kappa shape index (κ2) is 5.38. The molecule has 0 aromatic carbocycles. The Balaban J connectivity index is 1.82. The highest BCUT2D eigenvalue weighted by molar-refractivity contribution is 7.91. The Morgan fingerprint density at radius 1 is 1.40 bits per heavy atom. The molecule has 0 N–H and O–H groups in total. The second-order valence-corrected chi connectivity index (χ2v) is 8.67. The van der Waals surface area contributed by atoms with Crippen LogP contribution < -0.4 is 0 Å². The van der Waals surface area contributed by atoms with E-state index in [9.17, 15) is 8.42 Å². The number of thiophene rings is 1. The number of hydrogen-bond acceptors (Lipinski definition) is 5. The molecule has 0 radical (unpaired) electrons. The number of rotatable bonds is 3. The van der Waals surface area contributed by atoms with Crippen LogP contribution in [0.5, 0.6) is 0 Å². The summed E-state index contributed by atoms with van der Waals surface area (Å²) >= 11 is 1.27. The van der Waals surface area contributed by atoms with Crippen LogP contribution in [0.15, 0.2) is 21.7 Å². The molecule has 0 bridgehead atoms. The van der Waals surface area contributed by atoms with E-state index in [0.29, 0.717) is 29.9 Å². The van der Waals surface area contributed by atoms with E-state index in [2.05, 4.69) is 18.7 Å². The monoisotopic (exact) mass is 316 g/mol. The zero-order valence-electron chi connectivity index (χ0n) is 11.7. The molecule has 1 aromatic heterocycles. The molecular formula is C13H20N2O3S2. The Morgan fingerprint density at radius 3 is 2.85 bits per heavy atom. The van der Waals surface area contributed by atoms with E-state index in [1.165, 1.54) is 11.3 Å². The molecule has 7 heteroatoms. The van der Waals surface area contributed by atoms with Gasteiger partial charge in [-0.05, 0) is 25.3 Å². The molecule has 5 nitrogen and oxygen atoms in total. The van der Waals surface area contributed by atoms with Crippen LogP contribution in [-0.4, -0.2) is 62.1 Å². The van der Waals surface area contributed by atoms with Crippen LogP contribution in [0, 0.1) is 0 Å². The Bertz CT molecular complexity index is 556. The Morgan fingerprint density at radius 2 is 2.20 bits per heavy atom. The third-order valence-electron chi connectivity index (χ3n) is 4.06. The Kier molecular flexibility index (Phi) is 3.89. The molecule has 2 aliphatic rings. The summed E-state index contributed by atoms with van der Waals surface area (Å²) in [6.45, 7) is 6.87. The van der Waals surface area contributed by atoms with Crippen molar-refractivity contribution in [1.82, 2.24) is 9.21 Å². The highest BCUT2D eigenvalue weighted by atomic mass is 32.2. The molecule has 0 spiro atoms. The Labute approximate surface area is 124 Å². The average molecular weight is 316 g/mol. The SMILES string of the molecule is CC(C)N1CCO[C@@H]2CN(S(=O)(=O)c3cccs3)C[C@@H]21. The minimum absolute atomic E-state index is 0.000822. The van der Waals surface area contributed by atoms with E-state index in [4.69, 9.17) is 4.74 Å². The van der Waals surface area contributed by atoms with Crippen molar-refractivity contribution in [3.63, 3.8) is 0 Å². The normalized spacial score (nSPS) is 28.9. The predicted molar refractivity (Wildman–Crippen MR) is 78.4 cm³/mol. The fourth-order valence-electron chi connectivity index (χ4n) is 3.06. The van der Waals surface area contributed by atoms with E-state index in [1.807, 2.05) is 0 Å². The zero-order chi connectivity index (χ0) is 14.3. The molecule has 1 aromatic rings. The maximum atomic E-state index is 12.6. The van der Waals surface area contributed by atoms with Gasteiger partial charge in [0.05, 0.1) is 18.8 Å². The van der Waals surface area contributed by atoms with Crippen LogP contribution in [-0.2, 0) is 14.8 Å². The zero-order valence-corrected chi connectivity index (χ0v) is 13.4. The van der Waals surface area contributed by atoms with Gasteiger partial charge in [0.15, 0.2) is 0 Å². The summed E-state index contributed by atoms with van der Waals surface area (Å²) in [5.41, 5.74) is 0. The minimum Gasteiger partial charge on any atom is -0.374 e. The average Bonchev–Trinajstić information content (AvgIpc) is 3.07. The summed E-state index contributed by atoms with van der Waals surface area (Å²) in [6.07, 6.45) is 0.000822. The maximum Gasteiger partial charge on any atom is 0.252 e. The summed E-state index contributed by atoms with van der Waals surface area (Å²) in [7, 11) is -3.36. The molecule has 2 aliphatic heterocycles. The number of sulfonamides is 1. The van der Waals surface area contributed by atoms with Gasteiger partial charge >= 0.3 is 0 Å². The maximum absolute atomic E-state index is 12.6. The third-order valence-corrected chi connectivity index (χ3v) is 7.27. The molecule has 0 aliphatic carbocycles. The van der Waals surface area contributed by atoms with Gasteiger partial charge in [-0.25, -0.2) is 8.42 Å². The number of fused-ring (bicyclic) bond motifs is 1. The first kappa shape index (κ1) is 14.5. The van der Waals surface area contributed by atoms with Crippen molar-refractivity contribution in [2.75, 3.05) is 26.2 Å². The molecule has 0 unspecified atom stereocenters. The first-order valence-corrected chi connectivity index (χ1v) is 9.23. The topological polar surface area (TPSA) is 49.9 Å². The summed E-state index contributed by atoms with van der Waals surface area (Å²) < 4.78 is 32.9. The summed E-state index contributed by atoms with van der Waals surface area (Å²) in [5.74, 6) is 0. The van der Waals surface area contributed by atoms with Crippen molar-refractivity contribution < 1.29 is 13.2 Å². The molecule has 20 heavy (non-hydrogen) atoms. The van der Waals surface area contributed by atoms with E-state index in [-0.39, 0.29) is 12.1 Å². The van der Waals surface area contributed by atoms with Crippen molar-refractivity contribution in [2.24, 2.45) is 0 Å². The summed E-state index contributed by atoms with van der Waals surface area (Å²) in [4.78, 5) is 2.36. The number of hydrogen-bond donors (Lipinski definition) is 0. The first-order chi connectivity index (χ1) is 9.50. The predicted octanol–water partition coefficient (Wildman–Crippen LogP) is 1.23. The van der Waals surface area contributed by atoms with Gasteiger partial charge in [0, 0.05) is 25.7 Å². The van der Waals surface area contributed by atoms with Crippen molar-refractivity contribution >= 4 is 21.4 Å². The molecule has 0 saturated carbocycles. The lowest BCUT2D eigenvalue weighted by molar-refractivity contribution is -0.0582. The lowest BCUT2D eigenvalue weighted by atomic mass is 10.1. The van der Waals surface area contributed by atoms with Gasteiger partial charge in [0.2, 0.25) is 0 Å². The number of nitrogens with zero attached hydrogens (tertiary/aromatic N) is 2. The Hall–Kier alpha value is -0.470. The van der Waals surface area contributed by atoms with Crippen LogP contribution in [0.2, 0.25) is 0 Å². The van der Waals surface area contributed by atoms with Crippen molar-refractivity contribution in [1.29, 1.82) is 0 Å². The minimum atomic E-state index is -3.36. The standard InChI is InChI=1S/C13H20N2O3S2/c1-10(2)15-5-6-18-12-9-14(8-11(12)15)20(16,17)13-4-3-7-19-13/h3-4,7,10-12H,5-6,8-9H2,1-2H3/t11-,12+/m0/s1. The molecule has 2 saturated heterocycles. The largest absolute Gasteiger partial charge is 0.374 e. The molecular weight excluding hydrogens is 296 g/mol. The van der Waals surface area contributed by atoms with Gasteiger partial charge in [-0.2, -0.15) is 4.31 Å². The number of ether oxygens (including phenoxy) is 1. The number of morpholine rings is 1. The lowest BCUT2D eigenvalue weighted by Crippen LogP contribution is -2.53. The molecule has 2 fully saturated rings. The van der Waals surface area contributed by atoms with E-state index in [0.717, 1.165) is 6.54 Å². The van der Waals surface area contributed by atoms with E-state index >= 15 is 0 Å². The van der Waals surface area contributed by atoms with Gasteiger partial charge in [-0.3, -0.25) is 4.90 Å². The quantitative estimate of drug-likeness (QED) is 0.842. The van der Waals surface area contributed by atoms with Gasteiger partial charge in [-0.1, -0.05) is 6.07 Å². The second-order valence-electron chi connectivity index (χ2n) is 5.56. The van der Waals surface area contributed by atoms with Crippen molar-refractivity contribution in [3.8, 4) is 0 Å². The fourth-order valence-corrected chi connectivity index (χ4v) is 5.67. The molecule has 2 atom stereocenters. The lowest BCUT2D eigenvalue weighted by Gasteiger charge is -2.39.